The van der Waals surface area contributed by atoms with Crippen molar-refractivity contribution in [3.8, 4) is 0 Å². The molecule has 0 aromatic heterocycles. The van der Waals surface area contributed by atoms with E-state index in [1.807, 2.05) is 0 Å². The summed E-state index contributed by atoms with van der Waals surface area (Å²) in [6, 6.07) is 0.0907. The Bertz CT molecular complexity index is 514. The maximum absolute atomic E-state index is 12.6. The molecule has 6 heteroatoms. The molecule has 1 saturated carbocycles. The molecule has 0 unspecified atom stereocenters. The molecule has 26 heavy (non-hydrogen) atoms. The third kappa shape index (κ3) is 5.73. The van der Waals surface area contributed by atoms with Crippen LogP contribution >= 0.6 is 0 Å². The zero-order valence-corrected chi connectivity index (χ0v) is 15.8. The quantitative estimate of drug-likeness (QED) is 0.713. The summed E-state index contributed by atoms with van der Waals surface area (Å²) in [4.78, 5) is 26.7. The SMILES string of the molecule is O=C(C[C@@H]1COCCN1C(=O)NC1CCCC1)NCCC1=CCCCC1. The van der Waals surface area contributed by atoms with Crippen LogP contribution in [0, 0.1) is 0 Å². The van der Waals surface area contributed by atoms with Gasteiger partial charge in [-0.05, 0) is 44.9 Å². The van der Waals surface area contributed by atoms with E-state index in [9.17, 15) is 9.59 Å². The van der Waals surface area contributed by atoms with Crippen LogP contribution in [0.1, 0.15) is 64.2 Å². The second kappa shape index (κ2) is 9.95. The van der Waals surface area contributed by atoms with Crippen molar-refractivity contribution >= 4 is 11.9 Å². The number of hydrogen-bond donors (Lipinski definition) is 2. The van der Waals surface area contributed by atoms with Gasteiger partial charge in [-0.1, -0.05) is 24.5 Å². The van der Waals surface area contributed by atoms with Gasteiger partial charge >= 0.3 is 6.03 Å². The number of allylic oxidation sites excluding steroid dienone is 1. The molecule has 1 aliphatic heterocycles. The molecule has 1 atom stereocenters. The lowest BCUT2D eigenvalue weighted by Gasteiger charge is -2.36. The maximum Gasteiger partial charge on any atom is 0.318 e. The normalized spacial score (nSPS) is 24.2. The number of morpholine rings is 1. The topological polar surface area (TPSA) is 70.7 Å². The molecule has 2 fully saturated rings. The second-order valence-electron chi connectivity index (χ2n) is 7.77. The Hall–Kier alpha value is -1.56. The zero-order chi connectivity index (χ0) is 18.2. The van der Waals surface area contributed by atoms with Crippen molar-refractivity contribution < 1.29 is 14.3 Å². The van der Waals surface area contributed by atoms with Crippen molar-refractivity contribution in [3.05, 3.63) is 11.6 Å². The fraction of sp³-hybridized carbons (Fsp3) is 0.800. The van der Waals surface area contributed by atoms with Crippen LogP contribution in [0.25, 0.3) is 0 Å². The third-order valence-electron chi connectivity index (χ3n) is 5.75. The minimum Gasteiger partial charge on any atom is -0.377 e. The number of urea groups is 1. The summed E-state index contributed by atoms with van der Waals surface area (Å²) in [5, 5.41) is 6.15. The van der Waals surface area contributed by atoms with Gasteiger partial charge in [0.2, 0.25) is 5.91 Å². The molecule has 2 N–H and O–H groups in total. The van der Waals surface area contributed by atoms with E-state index in [-0.39, 0.29) is 18.0 Å². The van der Waals surface area contributed by atoms with Crippen molar-refractivity contribution in [1.82, 2.24) is 15.5 Å². The summed E-state index contributed by atoms with van der Waals surface area (Å²) in [5.41, 5.74) is 1.47. The standard InChI is InChI=1S/C20H33N3O3/c24-19(21-11-10-16-6-2-1-3-7-16)14-18-15-26-13-12-23(18)20(25)22-17-8-4-5-9-17/h6,17-18H,1-5,7-15H2,(H,21,24)(H,22,25)/t18-/m1/s1. The van der Waals surface area contributed by atoms with Crippen molar-refractivity contribution in [1.29, 1.82) is 0 Å². The lowest BCUT2D eigenvalue weighted by Crippen LogP contribution is -2.55. The van der Waals surface area contributed by atoms with Gasteiger partial charge in [0.05, 0.1) is 19.3 Å². The summed E-state index contributed by atoms with van der Waals surface area (Å²) < 4.78 is 5.52. The highest BCUT2D eigenvalue weighted by molar-refractivity contribution is 5.79. The summed E-state index contributed by atoms with van der Waals surface area (Å²) in [6.45, 7) is 2.23. The number of carbonyl (C=O) groups is 2. The monoisotopic (exact) mass is 363 g/mol. The fourth-order valence-electron chi connectivity index (χ4n) is 4.20. The number of ether oxygens (including phenoxy) is 1. The highest BCUT2D eigenvalue weighted by Crippen LogP contribution is 2.20. The lowest BCUT2D eigenvalue weighted by molar-refractivity contribution is -0.123. The molecule has 0 radical (unpaired) electrons. The van der Waals surface area contributed by atoms with Crippen molar-refractivity contribution in [2.45, 2.75) is 76.3 Å². The number of nitrogens with one attached hydrogen (secondary N) is 2. The molecular weight excluding hydrogens is 330 g/mol. The average Bonchev–Trinajstić information content (AvgIpc) is 3.16. The van der Waals surface area contributed by atoms with E-state index in [2.05, 4.69) is 16.7 Å². The largest absolute Gasteiger partial charge is 0.377 e. The molecule has 146 valence electrons. The summed E-state index contributed by atoms with van der Waals surface area (Å²) >= 11 is 0. The molecule has 0 aromatic carbocycles. The van der Waals surface area contributed by atoms with Gasteiger partial charge in [-0.2, -0.15) is 0 Å². The van der Waals surface area contributed by atoms with Gasteiger partial charge in [0.25, 0.3) is 0 Å². The van der Waals surface area contributed by atoms with Gasteiger partial charge in [0.15, 0.2) is 0 Å². The van der Waals surface area contributed by atoms with E-state index in [4.69, 9.17) is 4.74 Å². The predicted molar refractivity (Wildman–Crippen MR) is 101 cm³/mol. The summed E-state index contributed by atoms with van der Waals surface area (Å²) in [7, 11) is 0. The van der Waals surface area contributed by atoms with Gasteiger partial charge in [0.1, 0.15) is 0 Å². The molecule has 1 heterocycles. The van der Waals surface area contributed by atoms with Gasteiger partial charge in [-0.25, -0.2) is 4.79 Å². The number of hydrogen-bond acceptors (Lipinski definition) is 3. The lowest BCUT2D eigenvalue weighted by atomic mass is 9.97. The molecule has 3 rings (SSSR count). The van der Waals surface area contributed by atoms with Crippen LogP contribution in [-0.4, -0.2) is 55.2 Å². The van der Waals surface area contributed by atoms with Crippen LogP contribution in [0.2, 0.25) is 0 Å². The Labute approximate surface area is 156 Å². The van der Waals surface area contributed by atoms with E-state index in [1.165, 1.54) is 44.1 Å². The van der Waals surface area contributed by atoms with E-state index in [1.54, 1.807) is 4.90 Å². The number of nitrogens with zero attached hydrogens (tertiary/aromatic N) is 1. The van der Waals surface area contributed by atoms with Crippen LogP contribution in [0.5, 0.6) is 0 Å². The Morgan fingerprint density at radius 3 is 2.81 bits per heavy atom. The Morgan fingerprint density at radius 2 is 2.04 bits per heavy atom. The van der Waals surface area contributed by atoms with Gasteiger partial charge in [0, 0.05) is 25.6 Å². The number of amides is 3. The van der Waals surface area contributed by atoms with E-state index < -0.39 is 0 Å². The average molecular weight is 364 g/mol. The van der Waals surface area contributed by atoms with Crippen LogP contribution < -0.4 is 10.6 Å². The van der Waals surface area contributed by atoms with Gasteiger partial charge in [-0.3, -0.25) is 4.79 Å². The van der Waals surface area contributed by atoms with Crippen LogP contribution in [0.3, 0.4) is 0 Å². The molecule has 3 aliphatic rings. The molecule has 6 nitrogen and oxygen atoms in total. The highest BCUT2D eigenvalue weighted by Gasteiger charge is 2.30. The highest BCUT2D eigenvalue weighted by atomic mass is 16.5. The molecular formula is C20H33N3O3. The molecule has 1 saturated heterocycles. The van der Waals surface area contributed by atoms with E-state index >= 15 is 0 Å². The van der Waals surface area contributed by atoms with Crippen molar-refractivity contribution in [2.75, 3.05) is 26.3 Å². The fourth-order valence-corrected chi connectivity index (χ4v) is 4.20. The van der Waals surface area contributed by atoms with Crippen LogP contribution in [0.4, 0.5) is 4.79 Å². The smallest absolute Gasteiger partial charge is 0.318 e. The first-order chi connectivity index (χ1) is 12.7. The van der Waals surface area contributed by atoms with E-state index in [0.717, 1.165) is 19.3 Å². The molecule has 2 aliphatic carbocycles. The predicted octanol–water partition coefficient (Wildman–Crippen LogP) is 2.74. The first kappa shape index (κ1) is 19.2. The minimum atomic E-state index is -0.168. The second-order valence-corrected chi connectivity index (χ2v) is 7.77. The maximum atomic E-state index is 12.6. The Balaban J connectivity index is 1.42. The van der Waals surface area contributed by atoms with E-state index in [0.29, 0.717) is 38.8 Å². The number of carbonyl (C=O) groups excluding carboxylic acids is 2. The van der Waals surface area contributed by atoms with Gasteiger partial charge in [-0.15, -0.1) is 0 Å². The Morgan fingerprint density at radius 1 is 1.19 bits per heavy atom. The van der Waals surface area contributed by atoms with Crippen molar-refractivity contribution in [3.63, 3.8) is 0 Å². The van der Waals surface area contributed by atoms with Crippen LogP contribution in [-0.2, 0) is 9.53 Å². The molecule has 0 aromatic rings. The van der Waals surface area contributed by atoms with Crippen LogP contribution in [0.15, 0.2) is 11.6 Å². The molecule has 0 bridgehead atoms. The minimum absolute atomic E-state index is 0.00979. The molecule has 3 amide bonds. The number of rotatable bonds is 6. The summed E-state index contributed by atoms with van der Waals surface area (Å²) in [6.07, 6.45) is 13.0. The Kier molecular flexibility index (Phi) is 7.35. The molecule has 0 spiro atoms. The zero-order valence-electron chi connectivity index (χ0n) is 15.8. The van der Waals surface area contributed by atoms with Gasteiger partial charge < -0.3 is 20.3 Å². The third-order valence-corrected chi connectivity index (χ3v) is 5.75. The first-order valence-corrected chi connectivity index (χ1v) is 10.3. The first-order valence-electron chi connectivity index (χ1n) is 10.3. The van der Waals surface area contributed by atoms with Crippen molar-refractivity contribution in [2.24, 2.45) is 0 Å². The summed E-state index contributed by atoms with van der Waals surface area (Å²) in [5.74, 6) is 0.00979.